The topological polar surface area (TPSA) is 98.7 Å². The Bertz CT molecular complexity index is 322. The zero-order chi connectivity index (χ0) is 13.8. The van der Waals surface area contributed by atoms with Crippen LogP contribution < -0.4 is 10.6 Å². The summed E-state index contributed by atoms with van der Waals surface area (Å²) in [5, 5.41) is 24.1. The lowest BCUT2D eigenvalue weighted by Gasteiger charge is -2.28. The van der Waals surface area contributed by atoms with Crippen molar-refractivity contribution < 1.29 is 19.8 Å². The molecule has 1 saturated heterocycles. The van der Waals surface area contributed by atoms with Crippen molar-refractivity contribution in [3.05, 3.63) is 0 Å². The van der Waals surface area contributed by atoms with E-state index in [9.17, 15) is 14.7 Å². The fourth-order valence-corrected chi connectivity index (χ4v) is 2.26. The molecular formula is C12H22N2O4. The van der Waals surface area contributed by atoms with Gasteiger partial charge in [0.05, 0.1) is 12.0 Å². The summed E-state index contributed by atoms with van der Waals surface area (Å²) in [6, 6.07) is 0. The maximum absolute atomic E-state index is 12.2. The van der Waals surface area contributed by atoms with Crippen molar-refractivity contribution in [2.45, 2.75) is 38.7 Å². The fourth-order valence-electron chi connectivity index (χ4n) is 2.26. The summed E-state index contributed by atoms with van der Waals surface area (Å²) in [4.78, 5) is 22.9. The zero-order valence-corrected chi connectivity index (χ0v) is 11.0. The molecule has 6 heteroatoms. The van der Waals surface area contributed by atoms with Crippen LogP contribution >= 0.6 is 0 Å². The molecule has 0 aliphatic carbocycles. The summed E-state index contributed by atoms with van der Waals surface area (Å²) >= 11 is 0. The monoisotopic (exact) mass is 258 g/mol. The van der Waals surface area contributed by atoms with Crippen LogP contribution in [0.1, 0.15) is 33.1 Å². The summed E-state index contributed by atoms with van der Waals surface area (Å²) < 4.78 is 0. The molecule has 0 aromatic carbocycles. The lowest BCUT2D eigenvalue weighted by molar-refractivity contribution is -0.156. The molecule has 2 unspecified atom stereocenters. The van der Waals surface area contributed by atoms with Crippen LogP contribution in [-0.4, -0.2) is 47.3 Å². The van der Waals surface area contributed by atoms with Crippen molar-refractivity contribution >= 4 is 11.9 Å². The van der Waals surface area contributed by atoms with Crippen LogP contribution in [0, 0.1) is 5.41 Å². The van der Waals surface area contributed by atoms with Gasteiger partial charge >= 0.3 is 5.97 Å². The molecule has 1 aliphatic heterocycles. The van der Waals surface area contributed by atoms with E-state index < -0.39 is 17.0 Å². The molecule has 0 bridgehead atoms. The van der Waals surface area contributed by atoms with Crippen LogP contribution in [0.2, 0.25) is 0 Å². The Kier molecular flexibility index (Phi) is 4.70. The van der Waals surface area contributed by atoms with Crippen molar-refractivity contribution in [3.8, 4) is 0 Å². The van der Waals surface area contributed by atoms with Crippen molar-refractivity contribution in [3.63, 3.8) is 0 Å². The molecule has 6 nitrogen and oxygen atoms in total. The fraction of sp³-hybridized carbons (Fsp3) is 0.833. The third-order valence-corrected chi connectivity index (χ3v) is 3.51. The molecule has 18 heavy (non-hydrogen) atoms. The SMILES string of the molecule is CCCC1(C(=O)NCC(C)(O)C(=O)O)CCNC1. The number of hydrogen-bond acceptors (Lipinski definition) is 4. The third kappa shape index (κ3) is 3.20. The molecular weight excluding hydrogens is 236 g/mol. The lowest BCUT2D eigenvalue weighted by atomic mass is 9.81. The Morgan fingerprint density at radius 3 is 2.61 bits per heavy atom. The lowest BCUT2D eigenvalue weighted by Crippen LogP contribution is -2.51. The van der Waals surface area contributed by atoms with Gasteiger partial charge in [-0.15, -0.1) is 0 Å². The third-order valence-electron chi connectivity index (χ3n) is 3.51. The highest BCUT2D eigenvalue weighted by Crippen LogP contribution is 2.31. The number of hydrogen-bond donors (Lipinski definition) is 4. The number of carbonyl (C=O) groups excluding carboxylic acids is 1. The normalized spacial score (nSPS) is 26.6. The van der Waals surface area contributed by atoms with E-state index in [4.69, 9.17) is 5.11 Å². The number of amides is 1. The van der Waals surface area contributed by atoms with E-state index in [2.05, 4.69) is 10.6 Å². The highest BCUT2D eigenvalue weighted by Gasteiger charge is 2.41. The van der Waals surface area contributed by atoms with Gasteiger partial charge in [-0.25, -0.2) is 4.79 Å². The number of carboxylic acids is 1. The smallest absolute Gasteiger partial charge is 0.337 e. The second-order valence-electron chi connectivity index (χ2n) is 5.22. The van der Waals surface area contributed by atoms with Gasteiger partial charge in [0, 0.05) is 6.54 Å². The minimum atomic E-state index is -1.92. The summed E-state index contributed by atoms with van der Waals surface area (Å²) in [5.74, 6) is -1.51. The van der Waals surface area contributed by atoms with E-state index in [1.54, 1.807) is 0 Å². The number of carbonyl (C=O) groups is 2. The number of rotatable bonds is 6. The molecule has 1 aliphatic rings. The Morgan fingerprint density at radius 2 is 2.17 bits per heavy atom. The number of aliphatic hydroxyl groups is 1. The molecule has 1 rings (SSSR count). The second-order valence-corrected chi connectivity index (χ2v) is 5.22. The van der Waals surface area contributed by atoms with Gasteiger partial charge in [-0.2, -0.15) is 0 Å². The molecule has 0 radical (unpaired) electrons. The standard InChI is InChI=1S/C12H22N2O4/c1-3-4-12(5-6-13-8-12)9(15)14-7-11(2,18)10(16)17/h13,18H,3-8H2,1-2H3,(H,14,15)(H,16,17). The first-order valence-corrected chi connectivity index (χ1v) is 6.29. The van der Waals surface area contributed by atoms with Crippen LogP contribution in [0.3, 0.4) is 0 Å². The summed E-state index contributed by atoms with van der Waals surface area (Å²) in [5.41, 5.74) is -2.38. The average molecular weight is 258 g/mol. The maximum Gasteiger partial charge on any atom is 0.337 e. The van der Waals surface area contributed by atoms with Crippen molar-refractivity contribution in [2.24, 2.45) is 5.41 Å². The van der Waals surface area contributed by atoms with E-state index in [0.717, 1.165) is 25.8 Å². The minimum Gasteiger partial charge on any atom is -0.479 e. The van der Waals surface area contributed by atoms with E-state index >= 15 is 0 Å². The average Bonchev–Trinajstić information content (AvgIpc) is 2.76. The van der Waals surface area contributed by atoms with Gasteiger partial charge < -0.3 is 20.8 Å². The molecule has 0 saturated carbocycles. The quantitative estimate of drug-likeness (QED) is 0.525. The van der Waals surface area contributed by atoms with Gasteiger partial charge in [0.25, 0.3) is 0 Å². The van der Waals surface area contributed by atoms with Gasteiger partial charge in [-0.05, 0) is 26.3 Å². The van der Waals surface area contributed by atoms with E-state index in [1.165, 1.54) is 6.92 Å². The van der Waals surface area contributed by atoms with Crippen molar-refractivity contribution in [2.75, 3.05) is 19.6 Å². The van der Waals surface area contributed by atoms with E-state index in [0.29, 0.717) is 6.54 Å². The largest absolute Gasteiger partial charge is 0.479 e. The van der Waals surface area contributed by atoms with Crippen LogP contribution in [0.5, 0.6) is 0 Å². The predicted molar refractivity (Wildman–Crippen MR) is 66.1 cm³/mol. The molecule has 1 heterocycles. The maximum atomic E-state index is 12.2. The van der Waals surface area contributed by atoms with Gasteiger partial charge in [-0.1, -0.05) is 13.3 Å². The zero-order valence-electron chi connectivity index (χ0n) is 11.0. The molecule has 104 valence electrons. The Labute approximate surface area is 107 Å². The van der Waals surface area contributed by atoms with Crippen LogP contribution in [-0.2, 0) is 9.59 Å². The van der Waals surface area contributed by atoms with Gasteiger partial charge in [-0.3, -0.25) is 4.79 Å². The number of carboxylic acid groups (broad SMARTS) is 1. The first-order valence-electron chi connectivity index (χ1n) is 6.29. The second kappa shape index (κ2) is 5.67. The predicted octanol–water partition coefficient (Wildman–Crippen LogP) is -0.282. The molecule has 4 N–H and O–H groups in total. The molecule has 1 fully saturated rings. The molecule has 0 aromatic heterocycles. The highest BCUT2D eigenvalue weighted by atomic mass is 16.4. The summed E-state index contributed by atoms with van der Waals surface area (Å²) in [7, 11) is 0. The molecule has 1 amide bonds. The van der Waals surface area contributed by atoms with Crippen molar-refractivity contribution in [1.82, 2.24) is 10.6 Å². The Hall–Kier alpha value is -1.14. The van der Waals surface area contributed by atoms with Crippen LogP contribution in [0.4, 0.5) is 0 Å². The van der Waals surface area contributed by atoms with Gasteiger partial charge in [0.1, 0.15) is 0 Å². The van der Waals surface area contributed by atoms with Gasteiger partial charge in [0.15, 0.2) is 5.60 Å². The van der Waals surface area contributed by atoms with Gasteiger partial charge in [0.2, 0.25) is 5.91 Å². The number of nitrogens with one attached hydrogen (secondary N) is 2. The van der Waals surface area contributed by atoms with E-state index in [1.807, 2.05) is 6.92 Å². The Balaban J connectivity index is 2.61. The highest BCUT2D eigenvalue weighted by molar-refractivity contribution is 5.84. The molecule has 0 aromatic rings. The van der Waals surface area contributed by atoms with Crippen LogP contribution in [0.25, 0.3) is 0 Å². The molecule has 0 spiro atoms. The minimum absolute atomic E-state index is 0.170. The first kappa shape index (κ1) is 14.9. The van der Waals surface area contributed by atoms with Crippen molar-refractivity contribution in [1.29, 1.82) is 0 Å². The summed E-state index contributed by atoms with van der Waals surface area (Å²) in [6.07, 6.45) is 2.41. The first-order chi connectivity index (χ1) is 8.34. The molecule has 2 atom stereocenters. The van der Waals surface area contributed by atoms with E-state index in [-0.39, 0.29) is 12.5 Å². The summed E-state index contributed by atoms with van der Waals surface area (Å²) in [6.45, 7) is 4.33. The number of aliphatic carboxylic acids is 1. The van der Waals surface area contributed by atoms with Crippen LogP contribution in [0.15, 0.2) is 0 Å². The Morgan fingerprint density at radius 1 is 1.50 bits per heavy atom.